The lowest BCUT2D eigenvalue weighted by Gasteiger charge is -2.32. The van der Waals surface area contributed by atoms with Crippen LogP contribution in [0, 0.1) is 13.8 Å². The molecule has 2 aromatic rings. The van der Waals surface area contributed by atoms with E-state index >= 15 is 0 Å². The Morgan fingerprint density at radius 1 is 1.20 bits per heavy atom. The lowest BCUT2D eigenvalue weighted by Crippen LogP contribution is -2.44. The summed E-state index contributed by atoms with van der Waals surface area (Å²) in [6, 6.07) is 5.41. The second-order valence-electron chi connectivity index (χ2n) is 6.33. The minimum Gasteiger partial charge on any atom is -0.507 e. The summed E-state index contributed by atoms with van der Waals surface area (Å²) in [6.07, 6.45) is -0.254. The predicted molar refractivity (Wildman–Crippen MR) is 93.6 cm³/mol. The van der Waals surface area contributed by atoms with Crippen LogP contribution in [0.25, 0.3) is 11.3 Å². The fraction of sp³-hybridized carbons (Fsp3) is 0.444. The maximum atomic E-state index is 10.3. The number of aliphatic hydroxyl groups is 2. The Kier molecular flexibility index (Phi) is 5.17. The van der Waals surface area contributed by atoms with E-state index in [9.17, 15) is 15.3 Å². The van der Waals surface area contributed by atoms with Gasteiger partial charge in [-0.25, -0.2) is 0 Å². The molecule has 0 bridgehead atoms. The summed E-state index contributed by atoms with van der Waals surface area (Å²) in [5.74, 6) is 0.750. The number of aryl methyl sites for hydroxylation is 2. The Balaban J connectivity index is 1.98. The molecule has 7 heteroatoms. The van der Waals surface area contributed by atoms with Gasteiger partial charge in [0.25, 0.3) is 0 Å². The van der Waals surface area contributed by atoms with Crippen LogP contribution in [0.1, 0.15) is 16.7 Å². The average molecular weight is 345 g/mol. The Morgan fingerprint density at radius 3 is 2.68 bits per heavy atom. The molecule has 25 heavy (non-hydrogen) atoms. The quantitative estimate of drug-likeness (QED) is 0.764. The van der Waals surface area contributed by atoms with Crippen molar-refractivity contribution in [3.63, 3.8) is 0 Å². The molecule has 0 spiro atoms. The zero-order valence-corrected chi connectivity index (χ0v) is 14.4. The highest BCUT2D eigenvalue weighted by atomic mass is 16.5. The lowest BCUT2D eigenvalue weighted by atomic mass is 9.98. The Bertz CT molecular complexity index is 743. The van der Waals surface area contributed by atoms with Gasteiger partial charge in [-0.2, -0.15) is 0 Å². The first-order valence-corrected chi connectivity index (χ1v) is 8.29. The van der Waals surface area contributed by atoms with Crippen LogP contribution in [-0.2, 0) is 11.3 Å². The summed E-state index contributed by atoms with van der Waals surface area (Å²) in [4.78, 5) is 1.97. The minimum atomic E-state index is -0.254. The topological polar surface area (TPSA) is 98.9 Å². The molecule has 1 aromatic carbocycles. The van der Waals surface area contributed by atoms with Gasteiger partial charge < -0.3 is 25.0 Å². The number of benzene rings is 1. The number of nitrogens with zero attached hydrogens (tertiary/aromatic N) is 3. The second-order valence-corrected chi connectivity index (χ2v) is 6.33. The van der Waals surface area contributed by atoms with Crippen molar-refractivity contribution in [1.29, 1.82) is 0 Å². The molecular weight excluding hydrogens is 322 g/mol. The molecule has 2 heterocycles. The maximum Gasteiger partial charge on any atom is 0.151 e. The fourth-order valence-corrected chi connectivity index (χ4v) is 3.20. The van der Waals surface area contributed by atoms with Crippen molar-refractivity contribution >= 4 is 5.82 Å². The molecule has 3 rings (SSSR count). The smallest absolute Gasteiger partial charge is 0.151 e. The van der Waals surface area contributed by atoms with Crippen LogP contribution in [0.2, 0.25) is 0 Å². The number of morpholine rings is 1. The molecule has 1 fully saturated rings. The highest BCUT2D eigenvalue weighted by Crippen LogP contribution is 2.35. The second kappa shape index (κ2) is 7.35. The molecule has 0 radical (unpaired) electrons. The third-order valence-electron chi connectivity index (χ3n) is 4.39. The number of rotatable bonds is 4. The van der Waals surface area contributed by atoms with E-state index in [1.165, 1.54) is 0 Å². The fourth-order valence-electron chi connectivity index (χ4n) is 3.20. The van der Waals surface area contributed by atoms with E-state index < -0.39 is 0 Å². The number of phenolic OH excluding ortho intramolecular Hbond substituents is 1. The summed E-state index contributed by atoms with van der Waals surface area (Å²) in [5.41, 5.74) is 3.50. The van der Waals surface area contributed by atoms with Crippen molar-refractivity contribution in [2.45, 2.75) is 26.6 Å². The molecule has 1 atom stereocenters. The molecule has 0 unspecified atom stereocenters. The van der Waals surface area contributed by atoms with Crippen LogP contribution in [-0.4, -0.2) is 57.9 Å². The molecule has 1 aromatic heterocycles. The van der Waals surface area contributed by atoms with Crippen LogP contribution >= 0.6 is 0 Å². The molecule has 134 valence electrons. The predicted octanol–water partition coefficient (Wildman–Crippen LogP) is 1.16. The third kappa shape index (κ3) is 3.58. The van der Waals surface area contributed by atoms with Crippen molar-refractivity contribution in [3.8, 4) is 17.0 Å². The number of aromatic nitrogens is 2. The van der Waals surface area contributed by atoms with Crippen molar-refractivity contribution in [2.24, 2.45) is 0 Å². The normalized spacial score (nSPS) is 17.8. The van der Waals surface area contributed by atoms with E-state index in [0.29, 0.717) is 42.3 Å². The third-order valence-corrected chi connectivity index (χ3v) is 4.39. The SMILES string of the molecule is Cc1cc(C)c(-c2nnc(N3CCO[C@H](CO)C3)cc2CO)c(O)c1. The van der Waals surface area contributed by atoms with Crippen molar-refractivity contribution in [1.82, 2.24) is 10.2 Å². The number of aliphatic hydroxyl groups excluding tert-OH is 2. The van der Waals surface area contributed by atoms with Crippen LogP contribution in [0.3, 0.4) is 0 Å². The minimum absolute atomic E-state index is 0.0503. The van der Waals surface area contributed by atoms with Gasteiger partial charge in [-0.15, -0.1) is 10.2 Å². The number of ether oxygens (including phenoxy) is 1. The Labute approximate surface area is 146 Å². The molecule has 0 aliphatic carbocycles. The summed E-state index contributed by atoms with van der Waals surface area (Å²) in [6.45, 7) is 5.21. The first kappa shape index (κ1) is 17.6. The molecule has 0 amide bonds. The highest BCUT2D eigenvalue weighted by Gasteiger charge is 2.23. The number of anilines is 1. The van der Waals surface area contributed by atoms with E-state index in [0.717, 1.165) is 11.1 Å². The average Bonchev–Trinajstić information content (AvgIpc) is 2.61. The number of aromatic hydroxyl groups is 1. The van der Waals surface area contributed by atoms with E-state index in [2.05, 4.69) is 10.2 Å². The van der Waals surface area contributed by atoms with Gasteiger partial charge in [-0.1, -0.05) is 6.07 Å². The van der Waals surface area contributed by atoms with Gasteiger partial charge in [0.05, 0.1) is 25.9 Å². The van der Waals surface area contributed by atoms with Crippen LogP contribution in [0.4, 0.5) is 5.82 Å². The molecule has 3 N–H and O–H groups in total. The van der Waals surface area contributed by atoms with Gasteiger partial charge in [0, 0.05) is 24.2 Å². The lowest BCUT2D eigenvalue weighted by molar-refractivity contribution is 0.00331. The zero-order valence-electron chi connectivity index (χ0n) is 14.4. The zero-order chi connectivity index (χ0) is 18.0. The van der Waals surface area contributed by atoms with Gasteiger partial charge in [0.15, 0.2) is 5.82 Å². The summed E-state index contributed by atoms with van der Waals surface area (Å²) in [7, 11) is 0. The van der Waals surface area contributed by atoms with Gasteiger partial charge in [-0.05, 0) is 37.1 Å². The molecule has 0 saturated carbocycles. The van der Waals surface area contributed by atoms with E-state index in [1.54, 1.807) is 12.1 Å². The van der Waals surface area contributed by atoms with Gasteiger partial charge in [-0.3, -0.25) is 0 Å². The largest absolute Gasteiger partial charge is 0.507 e. The maximum absolute atomic E-state index is 10.3. The van der Waals surface area contributed by atoms with Crippen molar-refractivity contribution < 1.29 is 20.1 Å². The summed E-state index contributed by atoms with van der Waals surface area (Å²) in [5, 5.41) is 38.0. The van der Waals surface area contributed by atoms with Gasteiger partial charge in [0.1, 0.15) is 11.4 Å². The standard InChI is InChI=1S/C18H23N3O4/c1-11-5-12(2)17(15(24)6-11)18-13(9-22)7-16(19-20-18)21-3-4-25-14(8-21)10-23/h5-7,14,22-24H,3-4,8-10H2,1-2H3/t14-/m0/s1. The molecule has 1 aliphatic rings. The summed E-state index contributed by atoms with van der Waals surface area (Å²) < 4.78 is 5.45. The number of phenols is 1. The van der Waals surface area contributed by atoms with Crippen LogP contribution < -0.4 is 4.90 Å². The van der Waals surface area contributed by atoms with E-state index in [4.69, 9.17) is 4.74 Å². The van der Waals surface area contributed by atoms with Gasteiger partial charge >= 0.3 is 0 Å². The summed E-state index contributed by atoms with van der Waals surface area (Å²) >= 11 is 0. The molecular formula is C18H23N3O4. The first-order chi connectivity index (χ1) is 12.0. The molecule has 1 saturated heterocycles. The Morgan fingerprint density at radius 2 is 2.00 bits per heavy atom. The number of hydrogen-bond donors (Lipinski definition) is 3. The van der Waals surface area contributed by atoms with Crippen molar-refractivity contribution in [2.75, 3.05) is 31.2 Å². The van der Waals surface area contributed by atoms with Crippen molar-refractivity contribution in [3.05, 3.63) is 34.9 Å². The van der Waals surface area contributed by atoms with Crippen LogP contribution in [0.15, 0.2) is 18.2 Å². The number of hydrogen-bond acceptors (Lipinski definition) is 7. The van der Waals surface area contributed by atoms with E-state index in [-0.39, 0.29) is 25.1 Å². The highest BCUT2D eigenvalue weighted by molar-refractivity contribution is 5.74. The van der Waals surface area contributed by atoms with E-state index in [1.807, 2.05) is 24.8 Å². The first-order valence-electron chi connectivity index (χ1n) is 8.29. The monoisotopic (exact) mass is 345 g/mol. The molecule has 7 nitrogen and oxygen atoms in total. The Hall–Kier alpha value is -2.22. The molecule has 1 aliphatic heterocycles. The van der Waals surface area contributed by atoms with Crippen LogP contribution in [0.5, 0.6) is 5.75 Å². The van der Waals surface area contributed by atoms with Gasteiger partial charge in [0.2, 0.25) is 0 Å².